The van der Waals surface area contributed by atoms with Gasteiger partial charge in [-0.1, -0.05) is 34.1 Å². The quantitative estimate of drug-likeness (QED) is 0.907. The van der Waals surface area contributed by atoms with Gasteiger partial charge in [-0.05, 0) is 29.8 Å². The Bertz CT molecular complexity index is 597. The zero-order valence-corrected chi connectivity index (χ0v) is 12.5. The summed E-state index contributed by atoms with van der Waals surface area (Å²) in [7, 11) is 0. The molecule has 1 aliphatic heterocycles. The van der Waals surface area contributed by atoms with Crippen molar-refractivity contribution in [3.05, 3.63) is 63.9 Å². The van der Waals surface area contributed by atoms with Gasteiger partial charge >= 0.3 is 0 Å². The lowest BCUT2D eigenvalue weighted by atomic mass is 10.0. The van der Waals surface area contributed by atoms with Crippen LogP contribution in [0.4, 0.5) is 4.39 Å². The molecule has 0 bridgehead atoms. The van der Waals surface area contributed by atoms with Crippen LogP contribution in [-0.4, -0.2) is 6.61 Å². The molecule has 0 aromatic heterocycles. The fourth-order valence-electron chi connectivity index (χ4n) is 2.51. The summed E-state index contributed by atoms with van der Waals surface area (Å²) in [5, 5.41) is 3.48. The highest BCUT2D eigenvalue weighted by Gasteiger charge is 2.20. The standard InChI is InChI=1S/C16H15BrFNO/c17-12-7-11(8-13(18)9-12)10-19-15-5-6-20-16-4-2-1-3-14(15)16/h1-4,7-9,15,19H,5-6,10H2. The number of fused-ring (bicyclic) bond motifs is 1. The summed E-state index contributed by atoms with van der Waals surface area (Å²) < 4.78 is 19.8. The van der Waals surface area contributed by atoms with Crippen molar-refractivity contribution < 1.29 is 9.13 Å². The molecule has 1 N–H and O–H groups in total. The van der Waals surface area contributed by atoms with E-state index in [9.17, 15) is 4.39 Å². The van der Waals surface area contributed by atoms with Crippen LogP contribution in [0.25, 0.3) is 0 Å². The van der Waals surface area contributed by atoms with Gasteiger partial charge < -0.3 is 10.1 Å². The van der Waals surface area contributed by atoms with Crippen LogP contribution in [0.2, 0.25) is 0 Å². The molecule has 2 aromatic rings. The Morgan fingerprint density at radius 1 is 1.25 bits per heavy atom. The summed E-state index contributed by atoms with van der Waals surface area (Å²) in [4.78, 5) is 0. The predicted octanol–water partition coefficient (Wildman–Crippen LogP) is 4.20. The molecule has 0 amide bonds. The molecular formula is C16H15BrFNO. The van der Waals surface area contributed by atoms with E-state index in [2.05, 4.69) is 27.3 Å². The van der Waals surface area contributed by atoms with E-state index in [1.54, 1.807) is 6.07 Å². The van der Waals surface area contributed by atoms with Crippen molar-refractivity contribution in [2.24, 2.45) is 0 Å². The van der Waals surface area contributed by atoms with Gasteiger partial charge in [-0.3, -0.25) is 0 Å². The minimum atomic E-state index is -0.219. The van der Waals surface area contributed by atoms with Crippen LogP contribution in [-0.2, 0) is 6.54 Å². The molecule has 3 rings (SSSR count). The lowest BCUT2D eigenvalue weighted by Gasteiger charge is -2.26. The van der Waals surface area contributed by atoms with Crippen molar-refractivity contribution in [2.75, 3.05) is 6.61 Å². The molecule has 1 atom stereocenters. The van der Waals surface area contributed by atoms with E-state index in [-0.39, 0.29) is 11.9 Å². The normalized spacial score (nSPS) is 17.4. The summed E-state index contributed by atoms with van der Waals surface area (Å²) in [5.41, 5.74) is 2.11. The molecule has 104 valence electrons. The zero-order valence-electron chi connectivity index (χ0n) is 10.9. The molecule has 0 radical (unpaired) electrons. The number of benzene rings is 2. The van der Waals surface area contributed by atoms with Crippen LogP contribution in [0.1, 0.15) is 23.6 Å². The first kappa shape index (κ1) is 13.6. The lowest BCUT2D eigenvalue weighted by Crippen LogP contribution is -2.26. The van der Waals surface area contributed by atoms with Crippen molar-refractivity contribution in [1.29, 1.82) is 0 Å². The van der Waals surface area contributed by atoms with Crippen molar-refractivity contribution in [1.82, 2.24) is 5.32 Å². The molecular weight excluding hydrogens is 321 g/mol. The molecule has 1 heterocycles. The van der Waals surface area contributed by atoms with Crippen molar-refractivity contribution in [3.63, 3.8) is 0 Å². The second-order valence-electron chi connectivity index (χ2n) is 4.89. The van der Waals surface area contributed by atoms with Crippen LogP contribution in [0.15, 0.2) is 46.9 Å². The van der Waals surface area contributed by atoms with Crippen molar-refractivity contribution >= 4 is 15.9 Å². The topological polar surface area (TPSA) is 21.3 Å². The van der Waals surface area contributed by atoms with Crippen LogP contribution >= 0.6 is 15.9 Å². The second-order valence-corrected chi connectivity index (χ2v) is 5.80. The van der Waals surface area contributed by atoms with Gasteiger partial charge in [0, 0.05) is 29.0 Å². The summed E-state index contributed by atoms with van der Waals surface area (Å²) in [5.74, 6) is 0.722. The second kappa shape index (κ2) is 5.94. The molecule has 0 aliphatic carbocycles. The molecule has 1 aliphatic rings. The number of para-hydroxylation sites is 1. The maximum absolute atomic E-state index is 13.4. The molecule has 0 saturated heterocycles. The van der Waals surface area contributed by atoms with Gasteiger partial charge in [0.15, 0.2) is 0 Å². The highest BCUT2D eigenvalue weighted by Crippen LogP contribution is 2.31. The monoisotopic (exact) mass is 335 g/mol. The van der Waals surface area contributed by atoms with Gasteiger partial charge in [0.1, 0.15) is 11.6 Å². The Morgan fingerprint density at radius 3 is 2.95 bits per heavy atom. The highest BCUT2D eigenvalue weighted by atomic mass is 79.9. The first-order chi connectivity index (χ1) is 9.72. The van der Waals surface area contributed by atoms with Crippen LogP contribution < -0.4 is 10.1 Å². The van der Waals surface area contributed by atoms with Crippen molar-refractivity contribution in [3.8, 4) is 5.75 Å². The third kappa shape index (κ3) is 3.02. The SMILES string of the molecule is Fc1cc(Br)cc(CNC2CCOc3ccccc32)c1. The summed E-state index contributed by atoms with van der Waals surface area (Å²) >= 11 is 3.32. The number of rotatable bonds is 3. The van der Waals surface area contributed by atoms with Gasteiger partial charge in [-0.2, -0.15) is 0 Å². The predicted molar refractivity (Wildman–Crippen MR) is 80.2 cm³/mol. The Kier molecular flexibility index (Phi) is 4.03. The van der Waals surface area contributed by atoms with Crippen molar-refractivity contribution in [2.45, 2.75) is 19.0 Å². The van der Waals surface area contributed by atoms with Gasteiger partial charge in [0.2, 0.25) is 0 Å². The van der Waals surface area contributed by atoms with E-state index < -0.39 is 0 Å². The average molecular weight is 336 g/mol. The first-order valence-corrected chi connectivity index (χ1v) is 7.42. The van der Waals surface area contributed by atoms with E-state index in [4.69, 9.17) is 4.74 Å². The maximum atomic E-state index is 13.4. The number of hydrogen-bond donors (Lipinski definition) is 1. The molecule has 20 heavy (non-hydrogen) atoms. The van der Waals surface area contributed by atoms with Gasteiger partial charge in [0.05, 0.1) is 6.61 Å². The summed E-state index contributed by atoms with van der Waals surface area (Å²) in [6, 6.07) is 13.3. The average Bonchev–Trinajstić information content (AvgIpc) is 2.44. The molecule has 4 heteroatoms. The third-order valence-electron chi connectivity index (χ3n) is 3.43. The Labute approximate surface area is 126 Å². The van der Waals surface area contributed by atoms with Gasteiger partial charge in [0.25, 0.3) is 0 Å². The zero-order chi connectivity index (χ0) is 13.9. The highest BCUT2D eigenvalue weighted by molar-refractivity contribution is 9.10. The third-order valence-corrected chi connectivity index (χ3v) is 3.89. The number of ether oxygens (including phenoxy) is 1. The molecule has 0 saturated carbocycles. The fourth-order valence-corrected chi connectivity index (χ4v) is 3.02. The largest absolute Gasteiger partial charge is 0.493 e. The van der Waals surface area contributed by atoms with E-state index in [0.717, 1.165) is 22.2 Å². The molecule has 0 fully saturated rings. The fraction of sp³-hybridized carbons (Fsp3) is 0.250. The Hall–Kier alpha value is -1.39. The Balaban J connectivity index is 1.73. The number of hydrogen-bond acceptors (Lipinski definition) is 2. The minimum Gasteiger partial charge on any atom is -0.493 e. The van der Waals surface area contributed by atoms with E-state index in [1.165, 1.54) is 11.6 Å². The summed E-state index contributed by atoms with van der Waals surface area (Å²) in [6.45, 7) is 1.34. The van der Waals surface area contributed by atoms with E-state index >= 15 is 0 Å². The van der Waals surface area contributed by atoms with Crippen LogP contribution in [0.5, 0.6) is 5.75 Å². The first-order valence-electron chi connectivity index (χ1n) is 6.62. The molecule has 1 unspecified atom stereocenters. The minimum absolute atomic E-state index is 0.219. The molecule has 0 spiro atoms. The molecule has 2 nitrogen and oxygen atoms in total. The van der Waals surface area contributed by atoms with Crippen LogP contribution in [0, 0.1) is 5.82 Å². The van der Waals surface area contributed by atoms with Gasteiger partial charge in [-0.15, -0.1) is 0 Å². The number of halogens is 2. The number of nitrogens with one attached hydrogen (secondary N) is 1. The molecule has 2 aromatic carbocycles. The Morgan fingerprint density at radius 2 is 2.10 bits per heavy atom. The smallest absolute Gasteiger partial charge is 0.124 e. The summed E-state index contributed by atoms with van der Waals surface area (Å²) in [6.07, 6.45) is 0.924. The van der Waals surface area contributed by atoms with E-state index in [0.29, 0.717) is 13.2 Å². The maximum Gasteiger partial charge on any atom is 0.124 e. The van der Waals surface area contributed by atoms with Gasteiger partial charge in [-0.25, -0.2) is 4.39 Å². The lowest BCUT2D eigenvalue weighted by molar-refractivity contribution is 0.252. The van der Waals surface area contributed by atoms with E-state index in [1.807, 2.05) is 24.3 Å². The van der Waals surface area contributed by atoms with Crippen LogP contribution in [0.3, 0.4) is 0 Å².